The molecule has 1 atom stereocenters. The van der Waals surface area contributed by atoms with Gasteiger partial charge in [0.2, 0.25) is 0 Å². The van der Waals surface area contributed by atoms with Crippen LogP contribution in [0.4, 0.5) is 5.69 Å². The van der Waals surface area contributed by atoms with E-state index in [9.17, 15) is 0 Å². The summed E-state index contributed by atoms with van der Waals surface area (Å²) in [7, 11) is 2.09. The highest BCUT2D eigenvalue weighted by molar-refractivity contribution is 5.56. The maximum atomic E-state index is 9.08. The van der Waals surface area contributed by atoms with Crippen LogP contribution in [0.25, 0.3) is 0 Å². The van der Waals surface area contributed by atoms with Crippen LogP contribution >= 0.6 is 0 Å². The van der Waals surface area contributed by atoms with E-state index in [2.05, 4.69) is 27.9 Å². The van der Waals surface area contributed by atoms with Crippen LogP contribution < -0.4 is 10.6 Å². The van der Waals surface area contributed by atoms with Crippen LogP contribution in [0.15, 0.2) is 18.3 Å². The van der Waals surface area contributed by atoms with Gasteiger partial charge in [0.1, 0.15) is 6.07 Å². The van der Waals surface area contributed by atoms with E-state index in [1.165, 1.54) is 0 Å². The first-order valence-corrected chi connectivity index (χ1v) is 5.76. The first-order valence-electron chi connectivity index (χ1n) is 5.76. The zero-order chi connectivity index (χ0) is 12.3. The minimum atomic E-state index is 0.255. The van der Waals surface area contributed by atoms with Crippen LogP contribution in [-0.2, 0) is 0 Å². The molecule has 2 rings (SSSR count). The number of rotatable bonds is 2. The van der Waals surface area contributed by atoms with Crippen LogP contribution in [0.1, 0.15) is 5.69 Å². The van der Waals surface area contributed by atoms with Gasteiger partial charge in [-0.3, -0.25) is 0 Å². The number of likely N-dealkylation sites (N-methyl/N-ethyl adjacent to an activating group) is 1. The summed E-state index contributed by atoms with van der Waals surface area (Å²) < 4.78 is 0. The van der Waals surface area contributed by atoms with E-state index in [1.54, 1.807) is 6.20 Å². The highest BCUT2D eigenvalue weighted by Gasteiger charge is 2.26. The number of nitriles is 1. The number of anilines is 1. The van der Waals surface area contributed by atoms with Gasteiger partial charge in [0, 0.05) is 32.4 Å². The molecular formula is C12H17N5. The Hall–Kier alpha value is -1.64. The summed E-state index contributed by atoms with van der Waals surface area (Å²) in [5.74, 6) is 0. The molecule has 1 aliphatic heterocycles. The van der Waals surface area contributed by atoms with Crippen molar-refractivity contribution < 1.29 is 0 Å². The Morgan fingerprint density at radius 2 is 2.41 bits per heavy atom. The Labute approximate surface area is 101 Å². The van der Waals surface area contributed by atoms with Gasteiger partial charge in [-0.2, -0.15) is 5.26 Å². The first-order chi connectivity index (χ1) is 8.26. The normalized spacial score (nSPS) is 21.2. The fourth-order valence-electron chi connectivity index (χ4n) is 2.24. The molecule has 0 amide bonds. The van der Waals surface area contributed by atoms with Crippen LogP contribution in [0, 0.1) is 11.3 Å². The van der Waals surface area contributed by atoms with E-state index < -0.39 is 0 Å². The third kappa shape index (κ3) is 2.38. The molecule has 0 spiro atoms. The van der Waals surface area contributed by atoms with E-state index in [0.717, 1.165) is 25.3 Å². The van der Waals surface area contributed by atoms with Gasteiger partial charge in [-0.25, -0.2) is 4.98 Å². The molecular weight excluding hydrogens is 214 g/mol. The van der Waals surface area contributed by atoms with Crippen molar-refractivity contribution in [3.8, 4) is 6.07 Å². The lowest BCUT2D eigenvalue weighted by atomic mass is 10.1. The SMILES string of the molecule is CN1CCN(c2cccnc2C#N)C(CN)C1. The van der Waals surface area contributed by atoms with Crippen molar-refractivity contribution >= 4 is 5.69 Å². The van der Waals surface area contributed by atoms with E-state index in [4.69, 9.17) is 11.0 Å². The number of hydrogen-bond donors (Lipinski definition) is 1. The highest BCUT2D eigenvalue weighted by Crippen LogP contribution is 2.22. The lowest BCUT2D eigenvalue weighted by Gasteiger charge is -2.41. The van der Waals surface area contributed by atoms with E-state index in [1.807, 2.05) is 12.1 Å². The first kappa shape index (κ1) is 11.8. The topological polar surface area (TPSA) is 69.2 Å². The third-order valence-electron chi connectivity index (χ3n) is 3.16. The molecule has 2 heterocycles. The molecule has 1 saturated heterocycles. The highest BCUT2D eigenvalue weighted by atomic mass is 15.3. The fraction of sp³-hybridized carbons (Fsp3) is 0.500. The second-order valence-corrected chi connectivity index (χ2v) is 4.33. The predicted molar refractivity (Wildman–Crippen MR) is 66.6 cm³/mol. The second-order valence-electron chi connectivity index (χ2n) is 4.33. The molecule has 5 heteroatoms. The summed E-state index contributed by atoms with van der Waals surface area (Å²) in [6.45, 7) is 3.38. The van der Waals surface area contributed by atoms with Crippen LogP contribution in [0.5, 0.6) is 0 Å². The Morgan fingerprint density at radius 3 is 3.12 bits per heavy atom. The van der Waals surface area contributed by atoms with Crippen molar-refractivity contribution in [2.75, 3.05) is 38.1 Å². The van der Waals surface area contributed by atoms with Crippen molar-refractivity contribution in [1.82, 2.24) is 9.88 Å². The largest absolute Gasteiger partial charge is 0.362 e. The lowest BCUT2D eigenvalue weighted by molar-refractivity contribution is 0.269. The molecule has 17 heavy (non-hydrogen) atoms. The smallest absolute Gasteiger partial charge is 0.163 e. The number of pyridine rings is 1. The van der Waals surface area contributed by atoms with Crippen LogP contribution in [-0.4, -0.2) is 49.2 Å². The van der Waals surface area contributed by atoms with Crippen molar-refractivity contribution in [3.63, 3.8) is 0 Å². The van der Waals surface area contributed by atoms with Gasteiger partial charge in [-0.15, -0.1) is 0 Å². The van der Waals surface area contributed by atoms with Crippen molar-refractivity contribution in [2.45, 2.75) is 6.04 Å². The van der Waals surface area contributed by atoms with Gasteiger partial charge >= 0.3 is 0 Å². The molecule has 1 unspecified atom stereocenters. The zero-order valence-electron chi connectivity index (χ0n) is 10.0. The van der Waals surface area contributed by atoms with Crippen molar-refractivity contribution in [1.29, 1.82) is 5.26 Å². The maximum absolute atomic E-state index is 9.08. The Morgan fingerprint density at radius 1 is 1.59 bits per heavy atom. The summed E-state index contributed by atoms with van der Waals surface area (Å²) in [4.78, 5) is 8.56. The lowest BCUT2D eigenvalue weighted by Crippen LogP contribution is -2.55. The van der Waals surface area contributed by atoms with Gasteiger partial charge in [0.25, 0.3) is 0 Å². The van der Waals surface area contributed by atoms with E-state index in [0.29, 0.717) is 12.2 Å². The molecule has 1 fully saturated rings. The van der Waals surface area contributed by atoms with Gasteiger partial charge in [0.15, 0.2) is 5.69 Å². The number of nitrogens with two attached hydrogens (primary N) is 1. The molecule has 2 N–H and O–H groups in total. The number of piperazine rings is 1. The maximum Gasteiger partial charge on any atom is 0.163 e. The van der Waals surface area contributed by atoms with E-state index >= 15 is 0 Å². The summed E-state index contributed by atoms with van der Waals surface area (Å²) in [5, 5.41) is 9.08. The number of aromatic nitrogens is 1. The molecule has 90 valence electrons. The zero-order valence-corrected chi connectivity index (χ0v) is 10.0. The number of hydrogen-bond acceptors (Lipinski definition) is 5. The van der Waals surface area contributed by atoms with Gasteiger partial charge < -0.3 is 15.5 Å². The van der Waals surface area contributed by atoms with Gasteiger partial charge in [-0.1, -0.05) is 0 Å². The average molecular weight is 231 g/mol. The molecule has 1 aliphatic rings. The molecule has 1 aromatic rings. The summed E-state index contributed by atoms with van der Waals surface area (Å²) in [6.07, 6.45) is 1.65. The Kier molecular flexibility index (Phi) is 3.57. The third-order valence-corrected chi connectivity index (χ3v) is 3.16. The number of nitrogens with zero attached hydrogens (tertiary/aromatic N) is 4. The minimum absolute atomic E-state index is 0.255. The van der Waals surface area contributed by atoms with Crippen LogP contribution in [0.3, 0.4) is 0 Å². The van der Waals surface area contributed by atoms with Crippen LogP contribution in [0.2, 0.25) is 0 Å². The Bertz CT molecular complexity index is 425. The molecule has 1 aromatic heterocycles. The standard InChI is InChI=1S/C12H17N5/c1-16-5-6-17(10(7-13)9-16)12-3-2-4-15-11(12)8-14/h2-4,10H,5-7,9,13H2,1H3. The fourth-order valence-corrected chi connectivity index (χ4v) is 2.24. The molecule has 0 bridgehead atoms. The second kappa shape index (κ2) is 5.13. The molecule has 5 nitrogen and oxygen atoms in total. The van der Waals surface area contributed by atoms with Gasteiger partial charge in [-0.05, 0) is 19.2 Å². The molecule has 0 radical (unpaired) electrons. The summed E-state index contributed by atoms with van der Waals surface area (Å²) in [6, 6.07) is 6.20. The molecule has 0 saturated carbocycles. The van der Waals surface area contributed by atoms with Gasteiger partial charge in [0.05, 0.1) is 11.7 Å². The Balaban J connectivity index is 2.29. The van der Waals surface area contributed by atoms with E-state index in [-0.39, 0.29) is 6.04 Å². The molecule has 0 aliphatic carbocycles. The molecule has 0 aromatic carbocycles. The summed E-state index contributed by atoms with van der Waals surface area (Å²) >= 11 is 0. The average Bonchev–Trinajstić information content (AvgIpc) is 2.38. The summed E-state index contributed by atoms with van der Waals surface area (Å²) in [5.41, 5.74) is 7.20. The van der Waals surface area contributed by atoms with Crippen molar-refractivity contribution in [2.24, 2.45) is 5.73 Å². The monoisotopic (exact) mass is 231 g/mol. The minimum Gasteiger partial charge on any atom is -0.362 e. The quantitative estimate of drug-likeness (QED) is 0.778. The predicted octanol–water partition coefficient (Wildman–Crippen LogP) is 0.0324. The van der Waals surface area contributed by atoms with Crippen molar-refractivity contribution in [3.05, 3.63) is 24.0 Å².